The van der Waals surface area contributed by atoms with Gasteiger partial charge in [0.1, 0.15) is 0 Å². The van der Waals surface area contributed by atoms with Crippen molar-refractivity contribution >= 4 is 0 Å². The fraction of sp³-hybridized carbons (Fsp3) is 0.564. The quantitative estimate of drug-likeness (QED) is 0.144. The molecule has 0 heterocycles. The fourth-order valence-corrected chi connectivity index (χ4v) is 13.7. The minimum Gasteiger partial charge on any atom is -0.0628 e. The van der Waals surface area contributed by atoms with Gasteiger partial charge < -0.3 is 0 Å². The zero-order valence-electron chi connectivity index (χ0n) is 35.7. The van der Waals surface area contributed by atoms with Crippen molar-refractivity contribution in [2.24, 2.45) is 52.3 Å². The third-order valence-electron chi connectivity index (χ3n) is 17.0. The molecule has 55 heavy (non-hydrogen) atoms. The Bertz CT molecular complexity index is 1770. The van der Waals surface area contributed by atoms with Gasteiger partial charge in [0, 0.05) is 5.41 Å². The summed E-state index contributed by atoms with van der Waals surface area (Å²) in [5, 5.41) is 0. The van der Waals surface area contributed by atoms with Crippen LogP contribution in [-0.2, 0) is 18.3 Å². The normalized spacial score (nSPS) is 30.4. The number of rotatable bonds is 11. The Labute approximate surface area is 336 Å². The molecule has 0 spiro atoms. The molecule has 0 radical (unpaired) electrons. The Morgan fingerprint density at radius 3 is 1.56 bits per heavy atom. The molecule has 0 nitrogen and oxygen atoms in total. The highest BCUT2D eigenvalue weighted by molar-refractivity contribution is 5.44. The van der Waals surface area contributed by atoms with Crippen molar-refractivity contribution in [3.8, 4) is 0 Å². The number of hydrogen-bond acceptors (Lipinski definition) is 0. The van der Waals surface area contributed by atoms with Gasteiger partial charge in [0.25, 0.3) is 0 Å². The zero-order valence-corrected chi connectivity index (χ0v) is 35.7. The van der Waals surface area contributed by atoms with E-state index < -0.39 is 0 Å². The maximum Gasteiger partial charge on any atom is 0.0206 e. The van der Waals surface area contributed by atoms with Crippen LogP contribution in [0.25, 0.3) is 0 Å². The minimum atomic E-state index is 0.0782. The first-order chi connectivity index (χ1) is 26.5. The molecule has 6 unspecified atom stereocenters. The Hall–Kier alpha value is -3.12. The van der Waals surface area contributed by atoms with Gasteiger partial charge >= 0.3 is 0 Å². The van der Waals surface area contributed by atoms with E-state index in [-0.39, 0.29) is 5.41 Å². The predicted molar refractivity (Wildman–Crippen MR) is 235 cm³/mol. The molecule has 4 aromatic carbocycles. The van der Waals surface area contributed by atoms with Crippen LogP contribution in [0.3, 0.4) is 0 Å². The molecule has 0 bridgehead atoms. The summed E-state index contributed by atoms with van der Waals surface area (Å²) in [5.74, 6) is 6.27. The van der Waals surface area contributed by atoms with E-state index in [9.17, 15) is 0 Å². The van der Waals surface area contributed by atoms with E-state index in [1.54, 1.807) is 11.1 Å². The van der Waals surface area contributed by atoms with Crippen LogP contribution in [-0.4, -0.2) is 0 Å². The summed E-state index contributed by atoms with van der Waals surface area (Å²) in [5.41, 5.74) is 12.5. The lowest BCUT2D eigenvalue weighted by molar-refractivity contribution is -0.122. The third-order valence-corrected chi connectivity index (χ3v) is 17.0. The van der Waals surface area contributed by atoms with Crippen molar-refractivity contribution in [3.05, 3.63) is 142 Å². The van der Waals surface area contributed by atoms with E-state index in [1.807, 2.05) is 0 Å². The Morgan fingerprint density at radius 2 is 1.04 bits per heavy atom. The first-order valence-corrected chi connectivity index (χ1v) is 22.8. The summed E-state index contributed by atoms with van der Waals surface area (Å²) in [6, 6.07) is 38.2. The summed E-state index contributed by atoms with van der Waals surface area (Å²) >= 11 is 0. The Balaban J connectivity index is 1.05. The van der Waals surface area contributed by atoms with Gasteiger partial charge in [0.05, 0.1) is 0 Å². The lowest BCUT2D eigenvalue weighted by atomic mass is 9.42. The van der Waals surface area contributed by atoms with E-state index >= 15 is 0 Å². The van der Waals surface area contributed by atoms with E-state index in [0.717, 1.165) is 54.3 Å². The molecule has 8 rings (SSSR count). The van der Waals surface area contributed by atoms with Crippen LogP contribution in [0.5, 0.6) is 0 Å². The van der Waals surface area contributed by atoms with Crippen molar-refractivity contribution in [3.63, 3.8) is 0 Å². The fourth-order valence-electron chi connectivity index (χ4n) is 13.7. The molecule has 4 saturated carbocycles. The number of aryl methyl sites for hydroxylation is 2. The predicted octanol–water partition coefficient (Wildman–Crippen LogP) is 14.9. The van der Waals surface area contributed by atoms with Gasteiger partial charge in [0.2, 0.25) is 0 Å². The Kier molecular flexibility index (Phi) is 11.0. The monoisotopic (exact) mass is 733 g/mol. The largest absolute Gasteiger partial charge is 0.0628 e. The zero-order chi connectivity index (χ0) is 38.4. The van der Waals surface area contributed by atoms with E-state index in [4.69, 9.17) is 0 Å². The minimum absolute atomic E-state index is 0.0782. The lowest BCUT2D eigenvalue weighted by Crippen LogP contribution is -2.55. The second kappa shape index (κ2) is 15.7. The van der Waals surface area contributed by atoms with Crippen LogP contribution in [0, 0.1) is 66.1 Å². The molecule has 0 N–H and O–H groups in total. The smallest absolute Gasteiger partial charge is 0.0206 e. The summed E-state index contributed by atoms with van der Waals surface area (Å²) < 4.78 is 0. The van der Waals surface area contributed by atoms with Crippen LogP contribution in [0.1, 0.15) is 156 Å². The molecule has 0 aliphatic heterocycles. The number of fused-ring (bicyclic) bond motifs is 5. The molecule has 0 amide bonds. The van der Waals surface area contributed by atoms with Gasteiger partial charge in [-0.3, -0.25) is 0 Å². The van der Waals surface area contributed by atoms with Crippen molar-refractivity contribution < 1.29 is 0 Å². The first-order valence-electron chi connectivity index (χ1n) is 22.8. The molecular formula is C55H72. The van der Waals surface area contributed by atoms with Crippen LogP contribution in [0.2, 0.25) is 0 Å². The average molecular weight is 733 g/mol. The highest BCUT2D eigenvalue weighted by Crippen LogP contribution is 2.70. The van der Waals surface area contributed by atoms with E-state index in [0.29, 0.717) is 10.8 Å². The highest BCUT2D eigenvalue weighted by Gasteiger charge is 2.62. The maximum atomic E-state index is 2.79. The summed E-state index contributed by atoms with van der Waals surface area (Å²) in [6.45, 7) is 17.4. The summed E-state index contributed by atoms with van der Waals surface area (Å²) in [7, 11) is 0. The Morgan fingerprint density at radius 1 is 0.527 bits per heavy atom. The lowest BCUT2D eigenvalue weighted by Gasteiger charge is -2.63. The third kappa shape index (κ3) is 7.55. The SMILES string of the molecule is Cc1ccc(Cc2ccc(C3(c4ccc(Cc5ccc(C)cc5)cc4)CC[C@@]4(C)C(CCC5C6CCC(C(C)CCCC(C)C)[C@@]6(C)CCC54)C3)cc2)cc1. The van der Waals surface area contributed by atoms with E-state index in [2.05, 4.69) is 146 Å². The van der Waals surface area contributed by atoms with Gasteiger partial charge in [-0.2, -0.15) is 0 Å². The standard InChI is InChI=1S/C55H72/c1-38(2)9-8-10-41(5)50-29-30-51-49-28-27-48-37-55(34-33-53(48,6)52(49)31-32-54(50,51)7,46-23-19-44(20-24-46)35-42-15-11-39(3)12-16-42)47-25-21-45(22-26-47)36-43-17-13-40(4)14-18-43/h11-26,38,41,48-52H,8-10,27-37H2,1-7H3/t41?,48?,49?,50?,51?,52?,53-,54+/m0/s1. The highest BCUT2D eigenvalue weighted by atomic mass is 14.7. The number of benzene rings is 4. The molecule has 4 aliphatic rings. The second-order valence-corrected chi connectivity index (χ2v) is 20.7. The van der Waals surface area contributed by atoms with E-state index in [1.165, 1.54) is 110 Å². The molecule has 0 aromatic heterocycles. The molecule has 4 fully saturated rings. The van der Waals surface area contributed by atoms with Crippen LogP contribution >= 0.6 is 0 Å². The first kappa shape index (κ1) is 38.7. The second-order valence-electron chi connectivity index (χ2n) is 20.7. The van der Waals surface area contributed by atoms with Crippen LogP contribution in [0.15, 0.2) is 97.1 Å². The van der Waals surface area contributed by atoms with Gasteiger partial charge in [-0.1, -0.05) is 162 Å². The summed E-state index contributed by atoms with van der Waals surface area (Å²) in [4.78, 5) is 0. The molecule has 4 aromatic rings. The van der Waals surface area contributed by atoms with Gasteiger partial charge in [-0.05, 0) is 170 Å². The molecule has 0 saturated heterocycles. The van der Waals surface area contributed by atoms with Gasteiger partial charge in [0.15, 0.2) is 0 Å². The maximum absolute atomic E-state index is 2.79. The summed E-state index contributed by atoms with van der Waals surface area (Å²) in [6.07, 6.45) is 19.1. The van der Waals surface area contributed by atoms with Crippen LogP contribution in [0.4, 0.5) is 0 Å². The topological polar surface area (TPSA) is 0 Å². The molecule has 8 atom stereocenters. The average Bonchev–Trinajstić information content (AvgIpc) is 3.54. The van der Waals surface area contributed by atoms with Gasteiger partial charge in [-0.25, -0.2) is 0 Å². The molecule has 4 aliphatic carbocycles. The van der Waals surface area contributed by atoms with Gasteiger partial charge in [-0.15, -0.1) is 0 Å². The molecule has 0 heteroatoms. The number of hydrogen-bond donors (Lipinski definition) is 0. The van der Waals surface area contributed by atoms with Crippen molar-refractivity contribution in [2.45, 2.75) is 144 Å². The van der Waals surface area contributed by atoms with Crippen molar-refractivity contribution in [1.82, 2.24) is 0 Å². The van der Waals surface area contributed by atoms with Crippen LogP contribution < -0.4 is 0 Å². The van der Waals surface area contributed by atoms with Crippen molar-refractivity contribution in [1.29, 1.82) is 0 Å². The molecule has 292 valence electrons. The molecular weight excluding hydrogens is 661 g/mol. The van der Waals surface area contributed by atoms with Crippen molar-refractivity contribution in [2.75, 3.05) is 0 Å².